The van der Waals surface area contributed by atoms with Gasteiger partial charge in [-0.25, -0.2) is 24.9 Å². The molecule has 0 amide bonds. The normalized spacial score (nSPS) is 14.5. The monoisotopic (exact) mass is 769 g/mol. The van der Waals surface area contributed by atoms with E-state index in [4.69, 9.17) is 33.5 Å². The number of nitrogens with zero attached hydrogens (tertiary/aromatic N) is 5. The van der Waals surface area contributed by atoms with Crippen LogP contribution in [-0.2, 0) is 0 Å². The fourth-order valence-corrected chi connectivity index (χ4v) is 10.3. The second-order valence-corrected chi connectivity index (χ2v) is 16.4. The van der Waals surface area contributed by atoms with E-state index in [2.05, 4.69) is 84.3 Å². The first-order valence-corrected chi connectivity index (χ1v) is 20.6. The molecular weight excluding hydrogens is 743 g/mol. The molecule has 12 rings (SSSR count). The first-order valence-electron chi connectivity index (χ1n) is 18.5. The predicted molar refractivity (Wildman–Crippen MR) is 233 cm³/mol. The first kappa shape index (κ1) is 32.2. The van der Waals surface area contributed by atoms with Crippen LogP contribution in [0, 0.1) is 0 Å². The van der Waals surface area contributed by atoms with Crippen molar-refractivity contribution in [3.8, 4) is 62.6 Å². The van der Waals surface area contributed by atoms with E-state index < -0.39 is 10.8 Å². The Kier molecular flexibility index (Phi) is 7.20. The number of rotatable bonds is 5. The minimum atomic E-state index is -0.391. The van der Waals surface area contributed by atoms with Crippen LogP contribution < -0.4 is 4.18 Å². The van der Waals surface area contributed by atoms with Crippen molar-refractivity contribution in [2.75, 3.05) is 0 Å². The molecule has 10 aromatic rings. The molecular formula is C48H27N5O2S2. The summed E-state index contributed by atoms with van der Waals surface area (Å²) in [6.45, 7) is 0. The van der Waals surface area contributed by atoms with Crippen LogP contribution in [0.4, 0.5) is 0 Å². The number of fused-ring (bicyclic) bond motifs is 8. The zero-order valence-corrected chi connectivity index (χ0v) is 31.6. The number of aromatic nitrogens is 5. The topological polar surface area (TPSA) is 86.8 Å². The highest BCUT2D eigenvalue weighted by atomic mass is 32.2. The van der Waals surface area contributed by atoms with Gasteiger partial charge < -0.3 is 8.60 Å². The number of allylic oxidation sites excluding steroid dienone is 3. The molecule has 9 heteroatoms. The molecule has 57 heavy (non-hydrogen) atoms. The summed E-state index contributed by atoms with van der Waals surface area (Å²) in [7, 11) is -0.391. The highest BCUT2D eigenvalue weighted by Gasteiger charge is 2.24. The lowest BCUT2D eigenvalue weighted by Crippen LogP contribution is -2.01. The van der Waals surface area contributed by atoms with Crippen molar-refractivity contribution in [1.29, 1.82) is 0 Å². The van der Waals surface area contributed by atoms with Gasteiger partial charge in [0, 0.05) is 69.7 Å². The Balaban J connectivity index is 1.01. The van der Waals surface area contributed by atoms with E-state index in [9.17, 15) is 0 Å². The first-order chi connectivity index (χ1) is 28.2. The summed E-state index contributed by atoms with van der Waals surface area (Å²) in [4.78, 5) is 26.7. The molecule has 0 fully saturated rings. The average molecular weight is 770 g/mol. The number of hydrogen-bond acceptors (Lipinski definition) is 8. The van der Waals surface area contributed by atoms with Crippen LogP contribution in [0.1, 0.15) is 5.56 Å². The summed E-state index contributed by atoms with van der Waals surface area (Å²) in [6.07, 6.45) is 6.21. The van der Waals surface area contributed by atoms with Crippen LogP contribution in [0.5, 0.6) is 5.75 Å². The Morgan fingerprint density at radius 2 is 1.23 bits per heavy atom. The van der Waals surface area contributed by atoms with Crippen molar-refractivity contribution in [3.63, 3.8) is 0 Å². The molecule has 6 heterocycles. The molecule has 6 aromatic carbocycles. The SMILES string of the molecule is C1=CC2=S(C=C1)Oc1ccc(-c3nc(-c4ccccc4)nc(-c4ccc5c(c4)oc4c(-c6nc(-c7ccccc7)c7sc8ccccc8c7n6)cccc45)n3)cc12. The lowest BCUT2D eigenvalue weighted by Gasteiger charge is -2.09. The fourth-order valence-electron chi connectivity index (χ4n) is 7.67. The van der Waals surface area contributed by atoms with Crippen LogP contribution in [-0.4, -0.2) is 29.8 Å². The minimum Gasteiger partial charge on any atom is -0.455 e. The van der Waals surface area contributed by atoms with Gasteiger partial charge in [-0.15, -0.1) is 11.3 Å². The molecule has 0 aliphatic carbocycles. The smallest absolute Gasteiger partial charge is 0.164 e. The van der Waals surface area contributed by atoms with Gasteiger partial charge in [0.05, 0.1) is 21.5 Å². The minimum absolute atomic E-state index is 0.391. The summed E-state index contributed by atoms with van der Waals surface area (Å²) in [5.74, 6) is 3.21. The quantitative estimate of drug-likeness (QED) is 0.161. The van der Waals surface area contributed by atoms with Gasteiger partial charge in [0.25, 0.3) is 0 Å². The molecule has 7 nitrogen and oxygen atoms in total. The Morgan fingerprint density at radius 3 is 2.07 bits per heavy atom. The van der Waals surface area contributed by atoms with Gasteiger partial charge in [-0.2, -0.15) is 0 Å². The molecule has 1 unspecified atom stereocenters. The third-order valence-corrected chi connectivity index (χ3v) is 13.1. The second kappa shape index (κ2) is 12.7. The van der Waals surface area contributed by atoms with E-state index >= 15 is 0 Å². The van der Waals surface area contributed by atoms with E-state index in [0.29, 0.717) is 23.3 Å². The number of thiophene rings is 1. The van der Waals surface area contributed by atoms with Gasteiger partial charge in [-0.3, -0.25) is 0 Å². The number of hydrogen-bond donors (Lipinski definition) is 0. The Hall–Kier alpha value is -7.07. The second-order valence-electron chi connectivity index (χ2n) is 13.8. The zero-order valence-electron chi connectivity index (χ0n) is 30.0. The summed E-state index contributed by atoms with van der Waals surface area (Å²) >= 11 is 1.73. The Labute approximate surface area is 332 Å². The summed E-state index contributed by atoms with van der Waals surface area (Å²) in [6, 6.07) is 47.3. The van der Waals surface area contributed by atoms with Gasteiger partial charge in [-0.1, -0.05) is 109 Å². The van der Waals surface area contributed by atoms with Crippen LogP contribution in [0.2, 0.25) is 0 Å². The molecule has 0 spiro atoms. The molecule has 268 valence electrons. The Morgan fingerprint density at radius 1 is 0.509 bits per heavy atom. The summed E-state index contributed by atoms with van der Waals surface area (Å²) < 4.78 is 15.3. The fraction of sp³-hybridized carbons (Fsp3) is 0. The van der Waals surface area contributed by atoms with Crippen molar-refractivity contribution >= 4 is 69.2 Å². The average Bonchev–Trinajstić information content (AvgIpc) is 3.97. The number of para-hydroxylation sites is 1. The van der Waals surface area contributed by atoms with Gasteiger partial charge in [-0.05, 0) is 48.5 Å². The maximum atomic E-state index is 6.78. The predicted octanol–water partition coefficient (Wildman–Crippen LogP) is 12.4. The van der Waals surface area contributed by atoms with Crippen molar-refractivity contribution in [1.82, 2.24) is 24.9 Å². The standard InChI is InChI=1S/C48H27N5O2S2/c1-3-12-28(13-4-1)41-44-42(34-16-7-8-19-39(34)56-44)50-48(49-41)35-18-11-17-33-32-23-21-31(27-38(32)54-43(33)35)47-52-45(29-14-5-2-6-15-29)51-46(53-47)30-22-24-37-36(26-30)40-20-9-10-25-57(40)55-37/h1-27H. The number of benzene rings is 6. The molecule has 4 aromatic heterocycles. The van der Waals surface area contributed by atoms with Crippen molar-refractivity contribution in [3.05, 3.63) is 169 Å². The molecule has 0 bridgehead atoms. The Bertz CT molecular complexity index is 3390. The molecule has 1 atom stereocenters. The molecule has 2 aliphatic rings. The van der Waals surface area contributed by atoms with Crippen LogP contribution in [0.25, 0.3) is 99.1 Å². The highest BCUT2D eigenvalue weighted by Crippen LogP contribution is 2.43. The molecule has 0 radical (unpaired) electrons. The van der Waals surface area contributed by atoms with E-state index in [1.165, 1.54) is 4.70 Å². The maximum absolute atomic E-state index is 6.78. The lowest BCUT2D eigenvalue weighted by atomic mass is 10.0. The van der Waals surface area contributed by atoms with Gasteiger partial charge in [0.2, 0.25) is 0 Å². The third kappa shape index (κ3) is 5.28. The molecule has 0 saturated heterocycles. The maximum Gasteiger partial charge on any atom is 0.164 e. The molecule has 0 N–H and O–H groups in total. The van der Waals surface area contributed by atoms with E-state index in [1.807, 2.05) is 78.9 Å². The van der Waals surface area contributed by atoms with Gasteiger partial charge in [0.1, 0.15) is 16.9 Å². The van der Waals surface area contributed by atoms with E-state index in [-0.39, 0.29) is 0 Å². The van der Waals surface area contributed by atoms with E-state index in [0.717, 1.165) is 87.2 Å². The highest BCUT2D eigenvalue weighted by molar-refractivity contribution is 8.15. The zero-order chi connectivity index (χ0) is 37.5. The van der Waals surface area contributed by atoms with Crippen LogP contribution >= 0.6 is 22.1 Å². The van der Waals surface area contributed by atoms with Crippen molar-refractivity contribution < 1.29 is 8.60 Å². The largest absolute Gasteiger partial charge is 0.455 e. The van der Waals surface area contributed by atoms with Crippen molar-refractivity contribution in [2.45, 2.75) is 0 Å². The lowest BCUT2D eigenvalue weighted by molar-refractivity contribution is 0.654. The van der Waals surface area contributed by atoms with E-state index in [1.54, 1.807) is 11.3 Å². The van der Waals surface area contributed by atoms with Gasteiger partial charge >= 0.3 is 0 Å². The van der Waals surface area contributed by atoms with Crippen LogP contribution in [0.3, 0.4) is 0 Å². The van der Waals surface area contributed by atoms with Gasteiger partial charge in [0.15, 0.2) is 23.3 Å². The molecule has 0 saturated carbocycles. The molecule has 2 aliphatic heterocycles. The summed E-state index contributed by atoms with van der Waals surface area (Å²) in [5, 5.41) is 5.18. The summed E-state index contributed by atoms with van der Waals surface area (Å²) in [5.41, 5.74) is 8.85. The van der Waals surface area contributed by atoms with Crippen molar-refractivity contribution in [2.24, 2.45) is 0 Å². The van der Waals surface area contributed by atoms with Crippen LogP contribution in [0.15, 0.2) is 168 Å². The third-order valence-electron chi connectivity index (χ3n) is 10.4. The number of furan rings is 1.